The lowest BCUT2D eigenvalue weighted by Crippen LogP contribution is -2.30. The fraction of sp³-hybridized carbons (Fsp3) is 0.538. The van der Waals surface area contributed by atoms with E-state index >= 15 is 0 Å². The van der Waals surface area contributed by atoms with Gasteiger partial charge in [0.2, 0.25) is 0 Å². The zero-order valence-electron chi connectivity index (χ0n) is 9.79. The van der Waals surface area contributed by atoms with Gasteiger partial charge < -0.3 is 10.1 Å². The van der Waals surface area contributed by atoms with E-state index in [1.807, 2.05) is 18.2 Å². The summed E-state index contributed by atoms with van der Waals surface area (Å²) >= 11 is 6.00. The summed E-state index contributed by atoms with van der Waals surface area (Å²) in [5, 5.41) is 4.35. The average molecular weight is 240 g/mol. The van der Waals surface area contributed by atoms with E-state index in [1.54, 1.807) is 7.11 Å². The van der Waals surface area contributed by atoms with Crippen molar-refractivity contribution in [3.05, 3.63) is 28.8 Å². The minimum atomic E-state index is 0.472. The number of nitrogens with one attached hydrogen (secondary N) is 1. The van der Waals surface area contributed by atoms with E-state index in [1.165, 1.54) is 18.4 Å². The van der Waals surface area contributed by atoms with Crippen LogP contribution in [0.3, 0.4) is 0 Å². The highest BCUT2D eigenvalue weighted by atomic mass is 35.5. The standard InChI is InChI=1S/C13H18ClNO/c1-9(15-12-4-5-12)7-10-8-11(14)3-6-13(10)16-2/h3,6,8-9,12,15H,4-5,7H2,1-2H3. The van der Waals surface area contributed by atoms with E-state index in [4.69, 9.17) is 16.3 Å². The summed E-state index contributed by atoms with van der Waals surface area (Å²) in [4.78, 5) is 0. The molecule has 0 saturated heterocycles. The van der Waals surface area contributed by atoms with E-state index in [0.717, 1.165) is 23.2 Å². The Morgan fingerprint density at radius 2 is 2.25 bits per heavy atom. The van der Waals surface area contributed by atoms with Crippen molar-refractivity contribution in [2.75, 3.05) is 7.11 Å². The lowest BCUT2D eigenvalue weighted by molar-refractivity contribution is 0.406. The molecule has 1 aliphatic rings. The lowest BCUT2D eigenvalue weighted by atomic mass is 10.1. The Kier molecular flexibility index (Phi) is 3.72. The first-order chi connectivity index (χ1) is 7.69. The predicted octanol–water partition coefficient (Wildman–Crippen LogP) is 3.03. The summed E-state index contributed by atoms with van der Waals surface area (Å²) in [6.45, 7) is 2.21. The summed E-state index contributed by atoms with van der Waals surface area (Å²) < 4.78 is 5.34. The lowest BCUT2D eigenvalue weighted by Gasteiger charge is -2.15. The second-order valence-electron chi connectivity index (χ2n) is 4.50. The van der Waals surface area contributed by atoms with Crippen molar-refractivity contribution in [1.29, 1.82) is 0 Å². The molecule has 1 aliphatic carbocycles. The van der Waals surface area contributed by atoms with Gasteiger partial charge in [-0.2, -0.15) is 0 Å². The van der Waals surface area contributed by atoms with Gasteiger partial charge in [-0.15, -0.1) is 0 Å². The van der Waals surface area contributed by atoms with E-state index < -0.39 is 0 Å². The van der Waals surface area contributed by atoms with Gasteiger partial charge in [-0.05, 0) is 49.9 Å². The van der Waals surface area contributed by atoms with Gasteiger partial charge >= 0.3 is 0 Å². The van der Waals surface area contributed by atoms with Gasteiger partial charge in [0.15, 0.2) is 0 Å². The molecule has 1 aromatic carbocycles. The maximum Gasteiger partial charge on any atom is 0.122 e. The number of rotatable bonds is 5. The molecule has 1 aromatic rings. The second kappa shape index (κ2) is 5.07. The fourth-order valence-corrected chi connectivity index (χ4v) is 2.14. The van der Waals surface area contributed by atoms with Crippen LogP contribution in [0.5, 0.6) is 5.75 Å². The topological polar surface area (TPSA) is 21.3 Å². The Balaban J connectivity index is 2.02. The van der Waals surface area contributed by atoms with Crippen molar-refractivity contribution < 1.29 is 4.74 Å². The van der Waals surface area contributed by atoms with Gasteiger partial charge in [0, 0.05) is 17.1 Å². The minimum Gasteiger partial charge on any atom is -0.496 e. The van der Waals surface area contributed by atoms with Gasteiger partial charge in [-0.1, -0.05) is 11.6 Å². The molecular weight excluding hydrogens is 222 g/mol. The van der Waals surface area contributed by atoms with Crippen LogP contribution in [-0.4, -0.2) is 19.2 Å². The molecule has 0 radical (unpaired) electrons. The maximum absolute atomic E-state index is 6.00. The molecule has 88 valence electrons. The van der Waals surface area contributed by atoms with Crippen molar-refractivity contribution in [3.8, 4) is 5.75 Å². The second-order valence-corrected chi connectivity index (χ2v) is 4.94. The Morgan fingerprint density at radius 3 is 2.88 bits per heavy atom. The molecule has 16 heavy (non-hydrogen) atoms. The monoisotopic (exact) mass is 239 g/mol. The number of methoxy groups -OCH3 is 1. The Labute approximate surface area is 102 Å². The van der Waals surface area contributed by atoms with Crippen molar-refractivity contribution in [2.24, 2.45) is 0 Å². The first-order valence-corrected chi connectivity index (χ1v) is 6.15. The molecule has 0 heterocycles. The summed E-state index contributed by atoms with van der Waals surface area (Å²) in [5.74, 6) is 0.925. The molecule has 3 heteroatoms. The van der Waals surface area contributed by atoms with E-state index in [-0.39, 0.29) is 0 Å². The number of ether oxygens (including phenoxy) is 1. The number of hydrogen-bond donors (Lipinski definition) is 1. The Morgan fingerprint density at radius 1 is 1.50 bits per heavy atom. The first-order valence-electron chi connectivity index (χ1n) is 5.77. The molecule has 1 unspecified atom stereocenters. The van der Waals surface area contributed by atoms with Gasteiger partial charge in [0.1, 0.15) is 5.75 Å². The van der Waals surface area contributed by atoms with Crippen LogP contribution in [0.25, 0.3) is 0 Å². The third kappa shape index (κ3) is 3.13. The minimum absolute atomic E-state index is 0.472. The van der Waals surface area contributed by atoms with E-state index in [0.29, 0.717) is 6.04 Å². The van der Waals surface area contributed by atoms with Crippen LogP contribution in [0.15, 0.2) is 18.2 Å². The first kappa shape index (κ1) is 11.7. The van der Waals surface area contributed by atoms with Crippen LogP contribution < -0.4 is 10.1 Å². The summed E-state index contributed by atoms with van der Waals surface area (Å²) in [6.07, 6.45) is 3.59. The Hall–Kier alpha value is -0.730. The van der Waals surface area contributed by atoms with Crippen molar-refractivity contribution in [2.45, 2.75) is 38.3 Å². The smallest absolute Gasteiger partial charge is 0.122 e. The van der Waals surface area contributed by atoms with Gasteiger partial charge in [0.05, 0.1) is 7.11 Å². The van der Waals surface area contributed by atoms with Gasteiger partial charge in [-0.25, -0.2) is 0 Å². The molecule has 0 spiro atoms. The molecular formula is C13H18ClNO. The number of hydrogen-bond acceptors (Lipinski definition) is 2. The molecule has 2 rings (SSSR count). The molecule has 1 saturated carbocycles. The highest BCUT2D eigenvalue weighted by Crippen LogP contribution is 2.25. The molecule has 0 bridgehead atoms. The molecule has 0 aromatic heterocycles. The van der Waals surface area contributed by atoms with Gasteiger partial charge in [-0.3, -0.25) is 0 Å². The van der Waals surface area contributed by atoms with E-state index in [2.05, 4.69) is 12.2 Å². The normalized spacial score (nSPS) is 17.2. The maximum atomic E-state index is 6.00. The molecule has 1 N–H and O–H groups in total. The zero-order chi connectivity index (χ0) is 11.5. The van der Waals surface area contributed by atoms with Crippen LogP contribution in [-0.2, 0) is 6.42 Å². The summed E-state index contributed by atoms with van der Waals surface area (Å²) in [6, 6.07) is 7.00. The summed E-state index contributed by atoms with van der Waals surface area (Å²) in [5.41, 5.74) is 1.18. The predicted molar refractivity (Wildman–Crippen MR) is 67.3 cm³/mol. The summed E-state index contributed by atoms with van der Waals surface area (Å²) in [7, 11) is 1.70. The highest BCUT2D eigenvalue weighted by Gasteiger charge is 2.23. The van der Waals surface area contributed by atoms with Crippen molar-refractivity contribution in [3.63, 3.8) is 0 Å². The quantitative estimate of drug-likeness (QED) is 0.853. The van der Waals surface area contributed by atoms with Crippen molar-refractivity contribution >= 4 is 11.6 Å². The number of halogens is 1. The number of benzene rings is 1. The van der Waals surface area contributed by atoms with Crippen LogP contribution >= 0.6 is 11.6 Å². The van der Waals surface area contributed by atoms with Crippen LogP contribution in [0.2, 0.25) is 5.02 Å². The largest absolute Gasteiger partial charge is 0.496 e. The molecule has 2 nitrogen and oxygen atoms in total. The van der Waals surface area contributed by atoms with Gasteiger partial charge in [0.25, 0.3) is 0 Å². The Bertz CT molecular complexity index is 363. The third-order valence-electron chi connectivity index (χ3n) is 2.87. The third-order valence-corrected chi connectivity index (χ3v) is 3.10. The SMILES string of the molecule is COc1ccc(Cl)cc1CC(C)NC1CC1. The molecule has 1 atom stereocenters. The zero-order valence-corrected chi connectivity index (χ0v) is 10.6. The van der Waals surface area contributed by atoms with Crippen LogP contribution in [0.1, 0.15) is 25.3 Å². The highest BCUT2D eigenvalue weighted by molar-refractivity contribution is 6.30. The average Bonchev–Trinajstić information content (AvgIpc) is 3.02. The molecule has 0 aliphatic heterocycles. The molecule has 0 amide bonds. The van der Waals surface area contributed by atoms with E-state index in [9.17, 15) is 0 Å². The fourth-order valence-electron chi connectivity index (χ4n) is 1.95. The van der Waals surface area contributed by atoms with Crippen molar-refractivity contribution in [1.82, 2.24) is 5.32 Å². The van der Waals surface area contributed by atoms with Crippen LogP contribution in [0.4, 0.5) is 0 Å². The molecule has 1 fully saturated rings. The van der Waals surface area contributed by atoms with Crippen LogP contribution in [0, 0.1) is 0 Å².